The van der Waals surface area contributed by atoms with Crippen molar-refractivity contribution in [2.75, 3.05) is 14.2 Å². The van der Waals surface area contributed by atoms with Gasteiger partial charge in [-0.15, -0.1) is 0 Å². The van der Waals surface area contributed by atoms with Crippen molar-refractivity contribution in [3.05, 3.63) is 12.7 Å². The second-order valence-electron chi connectivity index (χ2n) is 3.84. The molecule has 1 rings (SSSR count). The van der Waals surface area contributed by atoms with Crippen LogP contribution in [0, 0.1) is 0 Å². The van der Waals surface area contributed by atoms with Crippen molar-refractivity contribution in [1.82, 2.24) is 20.1 Å². The van der Waals surface area contributed by atoms with E-state index >= 15 is 0 Å². The van der Waals surface area contributed by atoms with E-state index in [1.54, 1.807) is 18.1 Å². The van der Waals surface area contributed by atoms with Crippen LogP contribution in [0.4, 0.5) is 0 Å². The number of hydrogen-bond acceptors (Lipinski definition) is 5. The molecule has 0 radical (unpaired) electrons. The van der Waals surface area contributed by atoms with E-state index in [1.807, 2.05) is 6.92 Å². The fraction of sp³-hybridized carbons (Fsp3) is 0.700. The minimum atomic E-state index is -0.630. The Bertz CT molecular complexity index is 326. The number of nitrogens with zero attached hydrogens (tertiary/aromatic N) is 3. The number of carbonyl (C=O) groups is 1. The normalized spacial score (nSPS) is 14.4. The first-order valence-electron chi connectivity index (χ1n) is 5.22. The Kier molecular flexibility index (Phi) is 4.42. The van der Waals surface area contributed by atoms with Gasteiger partial charge >= 0.3 is 5.97 Å². The van der Waals surface area contributed by atoms with Crippen LogP contribution in [0.3, 0.4) is 0 Å². The van der Waals surface area contributed by atoms with Gasteiger partial charge in [-0.1, -0.05) is 0 Å². The number of rotatable bonds is 6. The summed E-state index contributed by atoms with van der Waals surface area (Å²) in [5.74, 6) is -0.242. The maximum atomic E-state index is 11.5. The van der Waals surface area contributed by atoms with Crippen LogP contribution >= 0.6 is 0 Å². The Hall–Kier alpha value is -1.43. The summed E-state index contributed by atoms with van der Waals surface area (Å²) in [7, 11) is 3.15. The molecule has 1 atom stereocenters. The molecule has 0 spiro atoms. The highest BCUT2D eigenvalue weighted by atomic mass is 16.5. The van der Waals surface area contributed by atoms with Gasteiger partial charge < -0.3 is 10.1 Å². The van der Waals surface area contributed by atoms with Gasteiger partial charge in [0.25, 0.3) is 0 Å². The van der Waals surface area contributed by atoms with E-state index in [1.165, 1.54) is 13.4 Å². The summed E-state index contributed by atoms with van der Waals surface area (Å²) in [6.45, 7) is 2.58. The number of likely N-dealkylation sites (N-methyl/N-ethyl adjacent to an activating group) is 1. The highest BCUT2D eigenvalue weighted by molar-refractivity contribution is 5.80. The summed E-state index contributed by atoms with van der Waals surface area (Å²) in [5.41, 5.74) is -0.630. The maximum Gasteiger partial charge on any atom is 0.325 e. The number of esters is 1. The fourth-order valence-corrected chi connectivity index (χ4v) is 1.50. The zero-order chi connectivity index (χ0) is 12.0. The molecule has 1 heterocycles. The predicted octanol–water partition coefficient (Wildman–Crippen LogP) is 0.209. The molecule has 0 saturated heterocycles. The number of carbonyl (C=O) groups excluding carboxylic acids is 1. The first-order chi connectivity index (χ1) is 7.62. The Morgan fingerprint density at radius 2 is 2.38 bits per heavy atom. The van der Waals surface area contributed by atoms with Crippen LogP contribution < -0.4 is 5.32 Å². The molecule has 1 unspecified atom stereocenters. The topological polar surface area (TPSA) is 69.0 Å². The molecular weight excluding hydrogens is 208 g/mol. The van der Waals surface area contributed by atoms with Gasteiger partial charge in [-0.2, -0.15) is 5.10 Å². The van der Waals surface area contributed by atoms with E-state index in [-0.39, 0.29) is 5.97 Å². The summed E-state index contributed by atoms with van der Waals surface area (Å²) in [5, 5.41) is 6.99. The molecule has 0 saturated carbocycles. The third-order valence-corrected chi connectivity index (χ3v) is 2.72. The molecule has 0 amide bonds. The zero-order valence-electron chi connectivity index (χ0n) is 9.93. The molecule has 16 heavy (non-hydrogen) atoms. The SMILES string of the molecule is CNC(C)(CCCn1cncn1)C(=O)OC. The second kappa shape index (κ2) is 5.60. The smallest absolute Gasteiger partial charge is 0.325 e. The van der Waals surface area contributed by atoms with Crippen molar-refractivity contribution in [3.63, 3.8) is 0 Å². The predicted molar refractivity (Wildman–Crippen MR) is 58.7 cm³/mol. The summed E-state index contributed by atoms with van der Waals surface area (Å²) < 4.78 is 6.50. The van der Waals surface area contributed by atoms with Crippen molar-refractivity contribution in [2.24, 2.45) is 0 Å². The Morgan fingerprint density at radius 1 is 1.62 bits per heavy atom. The lowest BCUT2D eigenvalue weighted by Gasteiger charge is -2.25. The van der Waals surface area contributed by atoms with Gasteiger partial charge in [0.15, 0.2) is 0 Å². The Labute approximate surface area is 95.0 Å². The first kappa shape index (κ1) is 12.6. The van der Waals surface area contributed by atoms with Crippen LogP contribution in [-0.2, 0) is 16.1 Å². The maximum absolute atomic E-state index is 11.5. The highest BCUT2D eigenvalue weighted by Gasteiger charge is 2.31. The van der Waals surface area contributed by atoms with Gasteiger partial charge in [-0.3, -0.25) is 9.48 Å². The number of ether oxygens (including phenoxy) is 1. The van der Waals surface area contributed by atoms with Crippen molar-refractivity contribution in [1.29, 1.82) is 0 Å². The van der Waals surface area contributed by atoms with E-state index in [0.717, 1.165) is 13.0 Å². The van der Waals surface area contributed by atoms with Gasteiger partial charge in [0.2, 0.25) is 0 Å². The average molecular weight is 226 g/mol. The first-order valence-corrected chi connectivity index (χ1v) is 5.22. The van der Waals surface area contributed by atoms with Crippen LogP contribution in [0.5, 0.6) is 0 Å². The number of nitrogens with one attached hydrogen (secondary N) is 1. The van der Waals surface area contributed by atoms with Crippen LogP contribution in [0.15, 0.2) is 12.7 Å². The van der Waals surface area contributed by atoms with Gasteiger partial charge in [0.05, 0.1) is 7.11 Å². The number of hydrogen-bond donors (Lipinski definition) is 1. The number of methoxy groups -OCH3 is 1. The molecule has 0 aliphatic carbocycles. The lowest BCUT2D eigenvalue weighted by molar-refractivity contribution is -0.148. The molecule has 0 aromatic carbocycles. The molecule has 0 bridgehead atoms. The molecule has 1 N–H and O–H groups in total. The summed E-state index contributed by atoms with van der Waals surface area (Å²) in [6, 6.07) is 0. The molecule has 1 aromatic heterocycles. The summed E-state index contributed by atoms with van der Waals surface area (Å²) in [4.78, 5) is 15.4. The molecule has 0 aliphatic heterocycles. The van der Waals surface area contributed by atoms with Crippen LogP contribution in [0.2, 0.25) is 0 Å². The second-order valence-corrected chi connectivity index (χ2v) is 3.84. The standard InChI is InChI=1S/C10H18N4O2/c1-10(11-2,9(15)16-3)5-4-6-14-8-12-7-13-14/h7-8,11H,4-6H2,1-3H3. The molecule has 90 valence electrons. The van der Waals surface area contributed by atoms with Crippen LogP contribution in [0.1, 0.15) is 19.8 Å². The van der Waals surface area contributed by atoms with Crippen molar-refractivity contribution in [2.45, 2.75) is 31.8 Å². The summed E-state index contributed by atoms with van der Waals surface area (Å²) >= 11 is 0. The summed E-state index contributed by atoms with van der Waals surface area (Å²) in [6.07, 6.45) is 4.68. The largest absolute Gasteiger partial charge is 0.468 e. The lowest BCUT2D eigenvalue weighted by Crippen LogP contribution is -2.48. The van der Waals surface area contributed by atoms with E-state index in [2.05, 4.69) is 15.4 Å². The van der Waals surface area contributed by atoms with Crippen LogP contribution in [-0.4, -0.2) is 40.4 Å². The Morgan fingerprint density at radius 3 is 2.88 bits per heavy atom. The van der Waals surface area contributed by atoms with Crippen molar-refractivity contribution in [3.8, 4) is 0 Å². The Balaban J connectivity index is 2.42. The van der Waals surface area contributed by atoms with Crippen LogP contribution in [0.25, 0.3) is 0 Å². The van der Waals surface area contributed by atoms with Gasteiger partial charge in [0.1, 0.15) is 18.2 Å². The van der Waals surface area contributed by atoms with E-state index in [9.17, 15) is 4.79 Å². The van der Waals surface area contributed by atoms with Gasteiger partial charge in [-0.05, 0) is 26.8 Å². The average Bonchev–Trinajstić information content (AvgIpc) is 2.80. The zero-order valence-corrected chi connectivity index (χ0v) is 9.93. The number of aromatic nitrogens is 3. The highest BCUT2D eigenvalue weighted by Crippen LogP contribution is 2.14. The van der Waals surface area contributed by atoms with Gasteiger partial charge in [0, 0.05) is 6.54 Å². The third-order valence-electron chi connectivity index (χ3n) is 2.72. The van der Waals surface area contributed by atoms with E-state index in [0.29, 0.717) is 6.42 Å². The van der Waals surface area contributed by atoms with E-state index in [4.69, 9.17) is 4.74 Å². The fourth-order valence-electron chi connectivity index (χ4n) is 1.50. The third kappa shape index (κ3) is 3.03. The van der Waals surface area contributed by atoms with Crippen molar-refractivity contribution >= 4 is 5.97 Å². The monoisotopic (exact) mass is 226 g/mol. The number of aryl methyl sites for hydroxylation is 1. The molecular formula is C10H18N4O2. The quantitative estimate of drug-likeness (QED) is 0.702. The minimum Gasteiger partial charge on any atom is -0.468 e. The molecule has 0 fully saturated rings. The van der Waals surface area contributed by atoms with Crippen molar-refractivity contribution < 1.29 is 9.53 Å². The lowest BCUT2D eigenvalue weighted by atomic mass is 9.96. The minimum absolute atomic E-state index is 0.242. The van der Waals surface area contributed by atoms with E-state index < -0.39 is 5.54 Å². The molecule has 0 aliphatic rings. The molecule has 6 nitrogen and oxygen atoms in total. The van der Waals surface area contributed by atoms with Gasteiger partial charge in [-0.25, -0.2) is 4.98 Å². The molecule has 1 aromatic rings. The molecule has 6 heteroatoms.